The Hall–Kier alpha value is -2.69. The predicted octanol–water partition coefficient (Wildman–Crippen LogP) is 3.93. The first-order chi connectivity index (χ1) is 14.0. The summed E-state index contributed by atoms with van der Waals surface area (Å²) in [6.45, 7) is 3.68. The number of piperazine rings is 1. The highest BCUT2D eigenvalue weighted by atomic mass is 19.1. The Bertz CT molecular complexity index is 898. The van der Waals surface area contributed by atoms with E-state index in [0.29, 0.717) is 37.3 Å². The summed E-state index contributed by atoms with van der Waals surface area (Å²) < 4.78 is 13.8. The van der Waals surface area contributed by atoms with Crippen molar-refractivity contribution in [3.8, 4) is 0 Å². The zero-order valence-corrected chi connectivity index (χ0v) is 16.9. The number of hydrogen-bond acceptors (Lipinski definition) is 2. The minimum absolute atomic E-state index is 0.172. The number of carbonyl (C=O) groups excluding carboxylic acids is 2. The lowest BCUT2D eigenvalue weighted by Gasteiger charge is -2.40. The van der Waals surface area contributed by atoms with E-state index in [2.05, 4.69) is 12.1 Å². The van der Waals surface area contributed by atoms with Gasteiger partial charge in [-0.05, 0) is 43.0 Å². The van der Waals surface area contributed by atoms with Crippen molar-refractivity contribution in [1.82, 2.24) is 9.80 Å². The fourth-order valence-electron chi connectivity index (χ4n) is 4.69. The molecule has 4 rings (SSSR count). The highest BCUT2D eigenvalue weighted by molar-refractivity contribution is 5.94. The van der Waals surface area contributed by atoms with Crippen LogP contribution in [0, 0.1) is 12.7 Å². The molecule has 0 unspecified atom stereocenters. The molecule has 2 aliphatic rings. The maximum Gasteiger partial charge on any atom is 0.254 e. The van der Waals surface area contributed by atoms with Gasteiger partial charge in [0, 0.05) is 31.7 Å². The number of amides is 2. The summed E-state index contributed by atoms with van der Waals surface area (Å²) in [5.74, 6) is -0.347. The molecule has 1 heterocycles. The van der Waals surface area contributed by atoms with Crippen molar-refractivity contribution < 1.29 is 14.0 Å². The molecular weight excluding hydrogens is 367 g/mol. The predicted molar refractivity (Wildman–Crippen MR) is 110 cm³/mol. The number of carbonyl (C=O) groups is 2. The van der Waals surface area contributed by atoms with Crippen LogP contribution >= 0.6 is 0 Å². The van der Waals surface area contributed by atoms with Gasteiger partial charge in [0.05, 0.1) is 5.41 Å². The number of benzene rings is 2. The van der Waals surface area contributed by atoms with Crippen LogP contribution < -0.4 is 0 Å². The van der Waals surface area contributed by atoms with E-state index in [1.807, 2.05) is 23.1 Å². The quantitative estimate of drug-likeness (QED) is 0.791. The molecule has 2 fully saturated rings. The van der Waals surface area contributed by atoms with Crippen LogP contribution in [-0.4, -0.2) is 47.8 Å². The zero-order chi connectivity index (χ0) is 20.4. The molecule has 152 valence electrons. The summed E-state index contributed by atoms with van der Waals surface area (Å²) in [6, 6.07) is 14.7. The van der Waals surface area contributed by atoms with Crippen LogP contribution in [-0.2, 0) is 10.2 Å². The fraction of sp³-hybridized carbons (Fsp3) is 0.417. The summed E-state index contributed by atoms with van der Waals surface area (Å²) in [6.07, 6.45) is 3.91. The van der Waals surface area contributed by atoms with E-state index in [9.17, 15) is 14.0 Å². The van der Waals surface area contributed by atoms with Crippen molar-refractivity contribution >= 4 is 11.8 Å². The molecule has 29 heavy (non-hydrogen) atoms. The Kier molecular flexibility index (Phi) is 5.39. The molecule has 0 N–H and O–H groups in total. The molecule has 1 aliphatic carbocycles. The maximum atomic E-state index is 13.8. The minimum Gasteiger partial charge on any atom is -0.338 e. The second-order valence-corrected chi connectivity index (χ2v) is 8.20. The molecule has 0 spiro atoms. The Morgan fingerprint density at radius 1 is 0.897 bits per heavy atom. The van der Waals surface area contributed by atoms with Gasteiger partial charge in [0.15, 0.2) is 0 Å². The van der Waals surface area contributed by atoms with E-state index in [1.54, 1.807) is 24.0 Å². The molecule has 1 aliphatic heterocycles. The van der Waals surface area contributed by atoms with Crippen LogP contribution in [0.2, 0.25) is 0 Å². The van der Waals surface area contributed by atoms with E-state index in [1.165, 1.54) is 6.07 Å². The van der Waals surface area contributed by atoms with Crippen molar-refractivity contribution in [1.29, 1.82) is 0 Å². The molecule has 0 aromatic heterocycles. The summed E-state index contributed by atoms with van der Waals surface area (Å²) in [7, 11) is 0. The summed E-state index contributed by atoms with van der Waals surface area (Å²) >= 11 is 0. The molecule has 2 aromatic rings. The third-order valence-electron chi connectivity index (χ3n) is 6.47. The fourth-order valence-corrected chi connectivity index (χ4v) is 4.69. The van der Waals surface area contributed by atoms with Crippen LogP contribution in [0.15, 0.2) is 48.5 Å². The lowest BCUT2D eigenvalue weighted by Crippen LogP contribution is -2.55. The van der Waals surface area contributed by atoms with Gasteiger partial charge in [-0.1, -0.05) is 49.2 Å². The van der Waals surface area contributed by atoms with E-state index in [-0.39, 0.29) is 17.6 Å². The van der Waals surface area contributed by atoms with Crippen molar-refractivity contribution in [3.63, 3.8) is 0 Å². The van der Waals surface area contributed by atoms with Gasteiger partial charge >= 0.3 is 0 Å². The van der Waals surface area contributed by atoms with Crippen LogP contribution in [0.3, 0.4) is 0 Å². The highest BCUT2D eigenvalue weighted by Gasteiger charge is 2.45. The lowest BCUT2D eigenvalue weighted by molar-refractivity contribution is -0.138. The molecule has 0 atom stereocenters. The zero-order valence-electron chi connectivity index (χ0n) is 16.9. The molecule has 0 radical (unpaired) electrons. The monoisotopic (exact) mass is 394 g/mol. The minimum atomic E-state index is -0.423. The number of halogens is 1. The molecule has 1 saturated heterocycles. The largest absolute Gasteiger partial charge is 0.338 e. The van der Waals surface area contributed by atoms with Gasteiger partial charge in [0.2, 0.25) is 5.91 Å². The summed E-state index contributed by atoms with van der Waals surface area (Å²) in [5.41, 5.74) is 1.58. The smallest absolute Gasteiger partial charge is 0.254 e. The molecule has 4 nitrogen and oxygen atoms in total. The van der Waals surface area contributed by atoms with Crippen LogP contribution in [0.4, 0.5) is 4.39 Å². The van der Waals surface area contributed by atoms with Crippen molar-refractivity contribution in [2.75, 3.05) is 26.2 Å². The second-order valence-electron chi connectivity index (χ2n) is 8.20. The van der Waals surface area contributed by atoms with Gasteiger partial charge in [0.1, 0.15) is 5.82 Å². The van der Waals surface area contributed by atoms with Crippen LogP contribution in [0.25, 0.3) is 0 Å². The first-order valence-corrected chi connectivity index (χ1v) is 10.4. The standard InChI is InChI=1S/C24H27FN2O2/c1-18-9-10-19(17-21(18)25)22(28)26-13-15-27(16-14-26)23(29)24(11-5-6-12-24)20-7-3-2-4-8-20/h2-4,7-10,17H,5-6,11-16H2,1H3. The van der Waals surface area contributed by atoms with Crippen molar-refractivity contribution in [3.05, 3.63) is 71.0 Å². The normalized spacial score (nSPS) is 18.7. The Labute approximate surface area is 171 Å². The number of nitrogens with zero attached hydrogens (tertiary/aromatic N) is 2. The molecule has 5 heteroatoms. The van der Waals surface area contributed by atoms with Gasteiger partial charge < -0.3 is 9.80 Å². The number of hydrogen-bond donors (Lipinski definition) is 0. The van der Waals surface area contributed by atoms with E-state index in [0.717, 1.165) is 31.2 Å². The lowest BCUT2D eigenvalue weighted by atomic mass is 9.77. The van der Waals surface area contributed by atoms with Crippen LogP contribution in [0.1, 0.15) is 47.2 Å². The SMILES string of the molecule is Cc1ccc(C(=O)N2CCN(C(=O)C3(c4ccccc4)CCCC3)CC2)cc1F. The summed E-state index contributed by atoms with van der Waals surface area (Å²) in [4.78, 5) is 29.9. The third-order valence-corrected chi connectivity index (χ3v) is 6.47. The van der Waals surface area contributed by atoms with Gasteiger partial charge in [-0.2, -0.15) is 0 Å². The molecular formula is C24H27FN2O2. The maximum absolute atomic E-state index is 13.8. The first kappa shape index (κ1) is 19.6. The second kappa shape index (κ2) is 7.97. The van der Waals surface area contributed by atoms with Crippen LogP contribution in [0.5, 0.6) is 0 Å². The Morgan fingerprint density at radius 2 is 1.52 bits per heavy atom. The van der Waals surface area contributed by atoms with Gasteiger partial charge in [-0.25, -0.2) is 4.39 Å². The summed E-state index contributed by atoms with van der Waals surface area (Å²) in [5, 5.41) is 0. The Balaban J connectivity index is 1.45. The van der Waals surface area contributed by atoms with Gasteiger partial charge in [-0.15, -0.1) is 0 Å². The molecule has 0 bridgehead atoms. The van der Waals surface area contributed by atoms with Crippen molar-refractivity contribution in [2.45, 2.75) is 38.0 Å². The topological polar surface area (TPSA) is 40.6 Å². The van der Waals surface area contributed by atoms with Crippen molar-refractivity contribution in [2.24, 2.45) is 0 Å². The van der Waals surface area contributed by atoms with E-state index >= 15 is 0 Å². The Morgan fingerprint density at radius 3 is 2.14 bits per heavy atom. The third kappa shape index (κ3) is 3.66. The van der Waals surface area contributed by atoms with Gasteiger partial charge in [0.25, 0.3) is 5.91 Å². The molecule has 2 amide bonds. The highest BCUT2D eigenvalue weighted by Crippen LogP contribution is 2.42. The number of aryl methyl sites for hydroxylation is 1. The van der Waals surface area contributed by atoms with Gasteiger partial charge in [-0.3, -0.25) is 9.59 Å². The number of rotatable bonds is 3. The average molecular weight is 394 g/mol. The first-order valence-electron chi connectivity index (χ1n) is 10.4. The molecule has 2 aromatic carbocycles. The average Bonchev–Trinajstić information content (AvgIpc) is 3.26. The molecule has 1 saturated carbocycles. The van der Waals surface area contributed by atoms with E-state index in [4.69, 9.17) is 0 Å². The van der Waals surface area contributed by atoms with E-state index < -0.39 is 5.41 Å².